The minimum Gasteiger partial charge on any atom is -0.478 e. The number of nitrogens with one attached hydrogen (secondary N) is 1. The Morgan fingerprint density at radius 2 is 1.89 bits per heavy atom. The zero-order chi connectivity index (χ0) is 19.3. The Morgan fingerprint density at radius 3 is 2.54 bits per heavy atom. The largest absolute Gasteiger partial charge is 0.478 e. The molecule has 2 aliphatic carbocycles. The van der Waals surface area contributed by atoms with Gasteiger partial charge in [0.15, 0.2) is 0 Å². The summed E-state index contributed by atoms with van der Waals surface area (Å²) >= 11 is 0. The zero-order valence-corrected chi connectivity index (χ0v) is 15.3. The second-order valence-corrected chi connectivity index (χ2v) is 7.76. The molecule has 2 heterocycles. The first-order valence-electron chi connectivity index (χ1n) is 9.51. The number of fused-ring (bicyclic) bond motifs is 1. The summed E-state index contributed by atoms with van der Waals surface area (Å²) in [7, 11) is 0. The molecule has 142 valence electrons. The van der Waals surface area contributed by atoms with Crippen molar-refractivity contribution in [1.29, 1.82) is 0 Å². The Morgan fingerprint density at radius 1 is 1.14 bits per heavy atom. The van der Waals surface area contributed by atoms with Crippen molar-refractivity contribution in [3.63, 3.8) is 0 Å². The van der Waals surface area contributed by atoms with Crippen LogP contribution in [0.15, 0.2) is 42.9 Å². The van der Waals surface area contributed by atoms with Crippen LogP contribution in [0, 0.1) is 0 Å². The maximum atomic E-state index is 12.8. The minimum atomic E-state index is -0.935. The van der Waals surface area contributed by atoms with Crippen LogP contribution < -0.4 is 5.32 Å². The number of aromatic carboxylic acids is 1. The van der Waals surface area contributed by atoms with E-state index in [1.165, 1.54) is 6.33 Å². The highest BCUT2D eigenvalue weighted by Gasteiger charge is 2.44. The van der Waals surface area contributed by atoms with Gasteiger partial charge in [-0.05, 0) is 49.4 Å². The van der Waals surface area contributed by atoms with Crippen molar-refractivity contribution in [3.8, 4) is 0 Å². The molecule has 2 N–H and O–H groups in total. The Kier molecular flexibility index (Phi) is 3.72. The predicted octanol–water partition coefficient (Wildman–Crippen LogP) is 2.93. The summed E-state index contributed by atoms with van der Waals surface area (Å²) in [6.07, 6.45) is 7.68. The van der Waals surface area contributed by atoms with E-state index >= 15 is 0 Å². The molecule has 0 saturated heterocycles. The third-order valence-corrected chi connectivity index (χ3v) is 5.85. The Balaban J connectivity index is 1.33. The second kappa shape index (κ2) is 6.15. The molecule has 0 spiro atoms. The molecule has 2 aromatic heterocycles. The highest BCUT2D eigenvalue weighted by Crippen LogP contribution is 2.47. The van der Waals surface area contributed by atoms with Crippen molar-refractivity contribution >= 4 is 22.9 Å². The topological polar surface area (TPSA) is 97.1 Å². The van der Waals surface area contributed by atoms with Crippen LogP contribution in [0.2, 0.25) is 0 Å². The SMILES string of the molecule is O=C(O)c1ccc(C2(CNC(=O)c3ncnc4c3ccn4C3CC3)CC2)cc1. The molecule has 1 aromatic carbocycles. The van der Waals surface area contributed by atoms with Crippen LogP contribution in [0.1, 0.15) is 58.1 Å². The molecule has 3 aromatic rings. The summed E-state index contributed by atoms with van der Waals surface area (Å²) in [5, 5.41) is 12.9. The molecule has 2 aliphatic rings. The van der Waals surface area contributed by atoms with E-state index in [1.54, 1.807) is 12.1 Å². The van der Waals surface area contributed by atoms with Gasteiger partial charge in [-0.3, -0.25) is 4.79 Å². The molecule has 0 unspecified atom stereocenters. The second-order valence-electron chi connectivity index (χ2n) is 7.76. The van der Waals surface area contributed by atoms with Crippen LogP contribution in [0.3, 0.4) is 0 Å². The molecular formula is C21H20N4O3. The van der Waals surface area contributed by atoms with Gasteiger partial charge in [0.05, 0.1) is 10.9 Å². The Labute approximate surface area is 161 Å². The van der Waals surface area contributed by atoms with E-state index in [0.29, 0.717) is 18.3 Å². The summed E-state index contributed by atoms with van der Waals surface area (Å²) < 4.78 is 2.13. The fourth-order valence-corrected chi connectivity index (χ4v) is 3.82. The molecule has 2 fully saturated rings. The molecule has 5 rings (SSSR count). The fourth-order valence-electron chi connectivity index (χ4n) is 3.82. The summed E-state index contributed by atoms with van der Waals surface area (Å²) in [6, 6.07) is 9.34. The monoisotopic (exact) mass is 376 g/mol. The highest BCUT2D eigenvalue weighted by molar-refractivity contribution is 6.03. The molecule has 2 saturated carbocycles. The lowest BCUT2D eigenvalue weighted by atomic mass is 9.95. The van der Waals surface area contributed by atoms with Gasteiger partial charge in [0.1, 0.15) is 17.7 Å². The van der Waals surface area contributed by atoms with E-state index in [2.05, 4.69) is 19.9 Å². The van der Waals surface area contributed by atoms with Crippen LogP contribution in [0.5, 0.6) is 0 Å². The maximum Gasteiger partial charge on any atom is 0.335 e. The number of hydrogen-bond acceptors (Lipinski definition) is 4. The Hall–Kier alpha value is -3.22. The first-order valence-corrected chi connectivity index (χ1v) is 9.51. The van der Waals surface area contributed by atoms with Gasteiger partial charge >= 0.3 is 5.97 Å². The smallest absolute Gasteiger partial charge is 0.335 e. The van der Waals surface area contributed by atoms with Crippen molar-refractivity contribution in [2.24, 2.45) is 0 Å². The van der Waals surface area contributed by atoms with Crippen LogP contribution in [0.4, 0.5) is 0 Å². The van der Waals surface area contributed by atoms with Crippen LogP contribution in [-0.4, -0.2) is 38.1 Å². The predicted molar refractivity (Wildman–Crippen MR) is 102 cm³/mol. The number of carboxylic acids is 1. The lowest BCUT2D eigenvalue weighted by molar-refractivity contribution is 0.0696. The van der Waals surface area contributed by atoms with Crippen molar-refractivity contribution in [3.05, 3.63) is 59.7 Å². The number of carboxylic acid groups (broad SMARTS) is 1. The number of aromatic nitrogens is 3. The van der Waals surface area contributed by atoms with Gasteiger partial charge in [0.25, 0.3) is 5.91 Å². The highest BCUT2D eigenvalue weighted by atomic mass is 16.4. The first kappa shape index (κ1) is 16.9. The average Bonchev–Trinajstić information content (AvgIpc) is 3.64. The third-order valence-electron chi connectivity index (χ3n) is 5.85. The quantitative estimate of drug-likeness (QED) is 0.689. The molecule has 0 bridgehead atoms. The third kappa shape index (κ3) is 2.83. The van der Waals surface area contributed by atoms with E-state index < -0.39 is 5.97 Å². The lowest BCUT2D eigenvalue weighted by Crippen LogP contribution is -2.33. The molecular weight excluding hydrogens is 356 g/mol. The molecule has 0 radical (unpaired) electrons. The van der Waals surface area contributed by atoms with Gasteiger partial charge in [-0.25, -0.2) is 14.8 Å². The van der Waals surface area contributed by atoms with Crippen LogP contribution in [0.25, 0.3) is 11.0 Å². The number of nitrogens with zero attached hydrogens (tertiary/aromatic N) is 3. The van der Waals surface area contributed by atoms with E-state index in [-0.39, 0.29) is 16.9 Å². The van der Waals surface area contributed by atoms with Gasteiger partial charge in [-0.2, -0.15) is 0 Å². The van der Waals surface area contributed by atoms with E-state index in [4.69, 9.17) is 5.11 Å². The van der Waals surface area contributed by atoms with Gasteiger partial charge in [0.2, 0.25) is 0 Å². The number of hydrogen-bond donors (Lipinski definition) is 2. The lowest BCUT2D eigenvalue weighted by Gasteiger charge is -2.17. The molecule has 0 atom stereocenters. The number of carbonyl (C=O) groups is 2. The fraction of sp³-hybridized carbons (Fsp3) is 0.333. The number of benzene rings is 1. The summed E-state index contributed by atoms with van der Waals surface area (Å²) in [4.78, 5) is 32.4. The molecule has 7 heteroatoms. The van der Waals surface area contributed by atoms with Crippen molar-refractivity contribution in [2.75, 3.05) is 6.54 Å². The number of amides is 1. The Bertz CT molecular complexity index is 1080. The number of carbonyl (C=O) groups excluding carboxylic acids is 1. The summed E-state index contributed by atoms with van der Waals surface area (Å²) in [5.41, 5.74) is 2.44. The minimum absolute atomic E-state index is 0.112. The van der Waals surface area contributed by atoms with E-state index in [0.717, 1.165) is 42.3 Å². The van der Waals surface area contributed by atoms with Gasteiger partial charge in [-0.1, -0.05) is 12.1 Å². The normalized spacial score (nSPS) is 17.4. The van der Waals surface area contributed by atoms with Gasteiger partial charge in [0, 0.05) is 24.2 Å². The average molecular weight is 376 g/mol. The molecule has 0 aliphatic heterocycles. The summed E-state index contributed by atoms with van der Waals surface area (Å²) in [5.74, 6) is -1.13. The molecule has 1 amide bonds. The summed E-state index contributed by atoms with van der Waals surface area (Å²) in [6.45, 7) is 0.507. The maximum absolute atomic E-state index is 12.8. The van der Waals surface area contributed by atoms with E-state index in [1.807, 2.05) is 24.4 Å². The van der Waals surface area contributed by atoms with Crippen molar-refractivity contribution < 1.29 is 14.7 Å². The zero-order valence-electron chi connectivity index (χ0n) is 15.3. The number of rotatable bonds is 6. The molecule has 28 heavy (non-hydrogen) atoms. The molecule has 7 nitrogen and oxygen atoms in total. The standard InChI is InChI=1S/C21H20N4O3/c26-19(17-16-7-10-25(15-5-6-15)18(16)24-12-23-17)22-11-21(8-9-21)14-3-1-13(2-4-14)20(27)28/h1-4,7,10,12,15H,5-6,8-9,11H2,(H,22,26)(H,27,28). The van der Waals surface area contributed by atoms with Crippen LogP contribution >= 0.6 is 0 Å². The first-order chi connectivity index (χ1) is 13.6. The van der Waals surface area contributed by atoms with Crippen molar-refractivity contribution in [2.45, 2.75) is 37.1 Å². The van der Waals surface area contributed by atoms with Crippen LogP contribution in [-0.2, 0) is 5.41 Å². The van der Waals surface area contributed by atoms with E-state index in [9.17, 15) is 9.59 Å². The van der Waals surface area contributed by atoms with Crippen molar-refractivity contribution in [1.82, 2.24) is 19.9 Å². The van der Waals surface area contributed by atoms with Gasteiger partial charge < -0.3 is 15.0 Å². The van der Waals surface area contributed by atoms with Gasteiger partial charge in [-0.15, -0.1) is 0 Å².